The zero-order valence-electron chi connectivity index (χ0n) is 21.0. The monoisotopic (exact) mass is 551 g/mol. The standard InChI is InChI=1S/C27H28F3NO6S/c1-26(2,3)36-25(32)31(16-19-11-8-10-18-9-4-5-12-21(18)19)17-20-15-24(37-38(33,34)27(28,29)30)22-13-6-7-14-23(22)35-20/h4-15,20,22-23H,16-17H2,1-3H3. The van der Waals surface area contributed by atoms with E-state index < -0.39 is 51.2 Å². The molecule has 1 aliphatic heterocycles. The number of benzene rings is 2. The van der Waals surface area contributed by atoms with E-state index in [-0.39, 0.29) is 13.1 Å². The van der Waals surface area contributed by atoms with Gasteiger partial charge in [-0.1, -0.05) is 66.8 Å². The Bertz CT molecular complexity index is 1390. The molecular weight excluding hydrogens is 523 g/mol. The molecule has 0 saturated carbocycles. The molecule has 7 nitrogen and oxygen atoms in total. The normalized spacial score (nSPS) is 21.5. The van der Waals surface area contributed by atoms with Gasteiger partial charge in [0.1, 0.15) is 11.4 Å². The first-order chi connectivity index (χ1) is 17.7. The number of hydrogen-bond donors (Lipinski definition) is 0. The number of hydrogen-bond acceptors (Lipinski definition) is 6. The van der Waals surface area contributed by atoms with Crippen LogP contribution < -0.4 is 0 Å². The maximum atomic E-state index is 13.2. The van der Waals surface area contributed by atoms with E-state index in [0.717, 1.165) is 16.3 Å². The van der Waals surface area contributed by atoms with Crippen LogP contribution in [0.1, 0.15) is 26.3 Å². The second-order valence-electron chi connectivity index (χ2n) is 9.99. The zero-order chi connectivity index (χ0) is 27.7. The number of carbonyl (C=O) groups is 1. The van der Waals surface area contributed by atoms with Crippen LogP contribution in [0.5, 0.6) is 0 Å². The van der Waals surface area contributed by atoms with E-state index in [1.165, 1.54) is 17.1 Å². The predicted molar refractivity (Wildman–Crippen MR) is 135 cm³/mol. The van der Waals surface area contributed by atoms with Gasteiger partial charge in [-0.2, -0.15) is 21.6 Å². The molecular formula is C27H28F3NO6S. The van der Waals surface area contributed by atoms with Crippen LogP contribution in [0.4, 0.5) is 18.0 Å². The van der Waals surface area contributed by atoms with Crippen LogP contribution in [0.3, 0.4) is 0 Å². The smallest absolute Gasteiger partial charge is 0.444 e. The summed E-state index contributed by atoms with van der Waals surface area (Å²) in [5, 5.41) is 1.89. The molecule has 38 heavy (non-hydrogen) atoms. The molecule has 1 aliphatic carbocycles. The second-order valence-corrected chi connectivity index (χ2v) is 11.5. The molecule has 0 fully saturated rings. The molecule has 11 heteroatoms. The van der Waals surface area contributed by atoms with Crippen molar-refractivity contribution < 1.29 is 40.0 Å². The average Bonchev–Trinajstić information content (AvgIpc) is 2.82. The summed E-state index contributed by atoms with van der Waals surface area (Å²) in [4.78, 5) is 14.6. The Balaban J connectivity index is 1.67. The van der Waals surface area contributed by atoms with E-state index in [1.807, 2.05) is 42.5 Å². The summed E-state index contributed by atoms with van der Waals surface area (Å²) >= 11 is 0. The lowest BCUT2D eigenvalue weighted by molar-refractivity contribution is -0.0558. The summed E-state index contributed by atoms with van der Waals surface area (Å²) < 4.78 is 79.0. The second kappa shape index (κ2) is 10.5. The number of rotatable bonds is 6. The number of alkyl halides is 3. The third kappa shape index (κ3) is 6.39. The summed E-state index contributed by atoms with van der Waals surface area (Å²) in [5.41, 5.74) is -5.58. The van der Waals surface area contributed by atoms with E-state index in [0.29, 0.717) is 0 Å². The van der Waals surface area contributed by atoms with E-state index in [2.05, 4.69) is 4.18 Å². The van der Waals surface area contributed by atoms with Gasteiger partial charge in [-0.25, -0.2) is 4.79 Å². The Morgan fingerprint density at radius 1 is 1.03 bits per heavy atom. The van der Waals surface area contributed by atoms with Gasteiger partial charge in [-0.15, -0.1) is 0 Å². The lowest BCUT2D eigenvalue weighted by atomic mass is 9.92. The van der Waals surface area contributed by atoms with Gasteiger partial charge < -0.3 is 18.6 Å². The van der Waals surface area contributed by atoms with E-state index >= 15 is 0 Å². The van der Waals surface area contributed by atoms with Gasteiger partial charge in [0.2, 0.25) is 0 Å². The van der Waals surface area contributed by atoms with Gasteiger partial charge in [0.25, 0.3) is 0 Å². The lowest BCUT2D eigenvalue weighted by Gasteiger charge is -2.36. The predicted octanol–water partition coefficient (Wildman–Crippen LogP) is 5.84. The van der Waals surface area contributed by atoms with E-state index in [4.69, 9.17) is 9.47 Å². The Labute approximate surface area is 219 Å². The molecule has 2 aromatic carbocycles. The molecule has 3 atom stereocenters. The number of carbonyl (C=O) groups excluding carboxylic acids is 1. The van der Waals surface area contributed by atoms with Crippen molar-refractivity contribution in [2.45, 2.75) is 50.6 Å². The molecule has 4 rings (SSSR count). The molecule has 204 valence electrons. The highest BCUT2D eigenvalue weighted by Crippen LogP contribution is 2.36. The van der Waals surface area contributed by atoms with Crippen LogP contribution in [0.2, 0.25) is 0 Å². The highest BCUT2D eigenvalue weighted by Gasteiger charge is 2.50. The van der Waals surface area contributed by atoms with Gasteiger partial charge in [0, 0.05) is 6.54 Å². The molecule has 1 amide bonds. The summed E-state index contributed by atoms with van der Waals surface area (Å²) in [7, 11) is -5.90. The first kappa shape index (κ1) is 27.7. The highest BCUT2D eigenvalue weighted by atomic mass is 32.2. The number of nitrogens with zero attached hydrogens (tertiary/aromatic N) is 1. The fourth-order valence-corrected chi connectivity index (χ4v) is 4.76. The number of allylic oxidation sites excluding steroid dienone is 2. The van der Waals surface area contributed by atoms with Crippen LogP contribution in [0.15, 0.2) is 78.6 Å². The van der Waals surface area contributed by atoms with E-state index in [9.17, 15) is 26.4 Å². The van der Waals surface area contributed by atoms with Crippen molar-refractivity contribution in [1.29, 1.82) is 0 Å². The molecule has 1 heterocycles. The third-order valence-electron chi connectivity index (χ3n) is 5.88. The Morgan fingerprint density at radius 3 is 2.42 bits per heavy atom. The van der Waals surface area contributed by atoms with E-state index in [1.54, 1.807) is 39.0 Å². The van der Waals surface area contributed by atoms with Crippen molar-refractivity contribution in [3.05, 3.63) is 84.2 Å². The highest BCUT2D eigenvalue weighted by molar-refractivity contribution is 7.87. The minimum atomic E-state index is -5.90. The molecule has 0 saturated heterocycles. The van der Waals surface area contributed by atoms with Gasteiger partial charge >= 0.3 is 21.7 Å². The molecule has 0 aromatic heterocycles. The molecule has 0 radical (unpaired) electrons. The van der Waals surface area contributed by atoms with Crippen molar-refractivity contribution in [2.75, 3.05) is 6.54 Å². The van der Waals surface area contributed by atoms with Crippen LogP contribution in [0.25, 0.3) is 10.8 Å². The average molecular weight is 552 g/mol. The molecule has 3 unspecified atom stereocenters. The van der Waals surface area contributed by atoms with Crippen LogP contribution in [0, 0.1) is 5.92 Å². The maximum absolute atomic E-state index is 13.2. The third-order valence-corrected chi connectivity index (χ3v) is 6.86. The minimum absolute atomic E-state index is 0.116. The van der Waals surface area contributed by atoms with Crippen LogP contribution in [-0.2, 0) is 30.3 Å². The Hall–Kier alpha value is -3.31. The first-order valence-corrected chi connectivity index (χ1v) is 13.3. The fourth-order valence-electron chi connectivity index (χ4n) is 4.25. The number of halogens is 3. The van der Waals surface area contributed by atoms with Crippen LogP contribution in [-0.4, -0.2) is 49.3 Å². The lowest BCUT2D eigenvalue weighted by Crippen LogP contribution is -2.44. The van der Waals surface area contributed by atoms with Crippen LogP contribution >= 0.6 is 0 Å². The maximum Gasteiger partial charge on any atom is 0.534 e. The quantitative estimate of drug-likeness (QED) is 0.332. The number of fused-ring (bicyclic) bond motifs is 2. The summed E-state index contributed by atoms with van der Waals surface area (Å²) in [6.45, 7) is 5.14. The first-order valence-electron chi connectivity index (χ1n) is 11.9. The topological polar surface area (TPSA) is 82.1 Å². The Morgan fingerprint density at radius 2 is 1.71 bits per heavy atom. The molecule has 2 aliphatic rings. The number of amides is 1. The summed E-state index contributed by atoms with van der Waals surface area (Å²) in [6, 6.07) is 13.3. The van der Waals surface area contributed by atoms with Gasteiger partial charge in [-0.05, 0) is 43.2 Å². The van der Waals surface area contributed by atoms with Crippen molar-refractivity contribution in [1.82, 2.24) is 4.90 Å². The van der Waals surface area contributed by atoms with Crippen molar-refractivity contribution in [3.63, 3.8) is 0 Å². The molecule has 0 N–H and O–H groups in total. The molecule has 0 bridgehead atoms. The molecule has 2 aromatic rings. The minimum Gasteiger partial charge on any atom is -0.444 e. The van der Waals surface area contributed by atoms with Gasteiger partial charge in [-0.3, -0.25) is 0 Å². The Kier molecular flexibility index (Phi) is 7.62. The number of ether oxygens (including phenoxy) is 2. The summed E-state index contributed by atoms with van der Waals surface area (Å²) in [6.07, 6.45) is 5.05. The molecule has 0 spiro atoms. The summed E-state index contributed by atoms with van der Waals surface area (Å²) in [5.74, 6) is -1.29. The van der Waals surface area contributed by atoms with Crippen molar-refractivity contribution >= 4 is 27.0 Å². The zero-order valence-corrected chi connectivity index (χ0v) is 21.8. The SMILES string of the molecule is CC(C)(C)OC(=O)N(Cc1cccc2ccccc12)CC1C=C(OS(=O)(=O)C(F)(F)F)C2C=CC=CC2O1. The van der Waals surface area contributed by atoms with Crippen molar-refractivity contribution in [2.24, 2.45) is 5.92 Å². The van der Waals surface area contributed by atoms with Crippen molar-refractivity contribution in [3.8, 4) is 0 Å². The van der Waals surface area contributed by atoms with Gasteiger partial charge in [0.05, 0.1) is 24.7 Å². The largest absolute Gasteiger partial charge is 0.534 e. The fraction of sp³-hybridized carbons (Fsp3) is 0.370. The van der Waals surface area contributed by atoms with Gasteiger partial charge in [0.15, 0.2) is 0 Å².